The lowest BCUT2D eigenvalue weighted by molar-refractivity contribution is -0.137. The number of alkyl halides is 3. The fraction of sp³-hybridized carbons (Fsp3) is 0.182. The van der Waals surface area contributed by atoms with Crippen LogP contribution in [0.15, 0.2) is 24.3 Å². The molecule has 0 unspecified atom stereocenters. The Kier molecular flexibility index (Phi) is 3.71. The molecule has 0 aromatic heterocycles. The van der Waals surface area contributed by atoms with Crippen LogP contribution >= 0.6 is 0 Å². The fourth-order valence-corrected chi connectivity index (χ4v) is 1.15. The van der Waals surface area contributed by atoms with Crippen molar-refractivity contribution >= 4 is 12.4 Å². The van der Waals surface area contributed by atoms with Crippen LogP contribution in [0.2, 0.25) is 0 Å². The summed E-state index contributed by atoms with van der Waals surface area (Å²) in [6.07, 6.45) is -1.54. The Morgan fingerprint density at radius 2 is 1.94 bits per heavy atom. The Bertz CT molecular complexity index is 408. The van der Waals surface area contributed by atoms with Gasteiger partial charge in [-0.2, -0.15) is 13.2 Å². The fourth-order valence-electron chi connectivity index (χ4n) is 1.15. The molecule has 5 heteroatoms. The topological polar surface area (TPSA) is 26.3 Å². The van der Waals surface area contributed by atoms with Crippen molar-refractivity contribution in [2.75, 3.05) is 7.11 Å². The van der Waals surface area contributed by atoms with E-state index in [1.165, 1.54) is 19.3 Å². The number of halogens is 3. The van der Waals surface area contributed by atoms with Crippen LogP contribution in [0.5, 0.6) is 5.75 Å². The molecule has 0 aliphatic carbocycles. The van der Waals surface area contributed by atoms with Gasteiger partial charge in [0.15, 0.2) is 0 Å². The maximum Gasteiger partial charge on any atom is 0.416 e. The Morgan fingerprint density at radius 3 is 2.44 bits per heavy atom. The summed E-state index contributed by atoms with van der Waals surface area (Å²) in [6, 6.07) is 3.26. The molecule has 1 rings (SSSR count). The van der Waals surface area contributed by atoms with Crippen molar-refractivity contribution in [1.82, 2.24) is 0 Å². The van der Waals surface area contributed by atoms with E-state index in [0.29, 0.717) is 6.29 Å². The molecule has 2 nitrogen and oxygen atoms in total. The van der Waals surface area contributed by atoms with Crippen LogP contribution in [-0.2, 0) is 11.0 Å². The number of rotatable bonds is 3. The number of aldehydes is 1. The molecule has 0 aliphatic heterocycles. The lowest BCUT2D eigenvalue weighted by atomic mass is 10.1. The number of benzene rings is 1. The highest BCUT2D eigenvalue weighted by molar-refractivity contribution is 5.74. The van der Waals surface area contributed by atoms with Crippen molar-refractivity contribution in [3.8, 4) is 5.75 Å². The summed E-state index contributed by atoms with van der Waals surface area (Å²) in [5.74, 6) is 0.0976. The van der Waals surface area contributed by atoms with E-state index < -0.39 is 11.7 Å². The van der Waals surface area contributed by atoms with Crippen molar-refractivity contribution in [3.63, 3.8) is 0 Å². The molecule has 16 heavy (non-hydrogen) atoms. The first-order valence-electron chi connectivity index (χ1n) is 4.35. The second-order valence-corrected chi connectivity index (χ2v) is 2.99. The maximum atomic E-state index is 12.5. The minimum Gasteiger partial charge on any atom is -0.497 e. The van der Waals surface area contributed by atoms with Gasteiger partial charge in [0.25, 0.3) is 0 Å². The zero-order chi connectivity index (χ0) is 12.2. The molecule has 0 saturated heterocycles. The van der Waals surface area contributed by atoms with Crippen molar-refractivity contribution < 1.29 is 22.7 Å². The highest BCUT2D eigenvalue weighted by atomic mass is 19.4. The maximum absolute atomic E-state index is 12.5. The zero-order valence-electron chi connectivity index (χ0n) is 8.41. The van der Waals surface area contributed by atoms with Gasteiger partial charge < -0.3 is 4.74 Å². The number of ether oxygens (including phenoxy) is 1. The van der Waals surface area contributed by atoms with Gasteiger partial charge in [0.2, 0.25) is 0 Å². The third kappa shape index (κ3) is 3.12. The van der Waals surface area contributed by atoms with Crippen LogP contribution in [0.4, 0.5) is 13.2 Å². The number of hydrogen-bond donors (Lipinski definition) is 0. The van der Waals surface area contributed by atoms with Gasteiger partial charge in [-0.3, -0.25) is 4.79 Å². The lowest BCUT2D eigenvalue weighted by Crippen LogP contribution is -2.05. The number of carbonyl (C=O) groups excluding carboxylic acids is 1. The SMILES string of the molecule is COc1cc(C=CC=O)cc(C(F)(F)F)c1. The van der Waals surface area contributed by atoms with Gasteiger partial charge >= 0.3 is 6.18 Å². The van der Waals surface area contributed by atoms with Gasteiger partial charge in [-0.15, -0.1) is 0 Å². The van der Waals surface area contributed by atoms with Gasteiger partial charge in [0, 0.05) is 0 Å². The van der Waals surface area contributed by atoms with E-state index >= 15 is 0 Å². The van der Waals surface area contributed by atoms with E-state index in [1.807, 2.05) is 0 Å². The summed E-state index contributed by atoms with van der Waals surface area (Å²) in [7, 11) is 1.28. The van der Waals surface area contributed by atoms with Crippen LogP contribution < -0.4 is 4.74 Å². The molecule has 1 aromatic carbocycles. The van der Waals surface area contributed by atoms with Crippen LogP contribution in [-0.4, -0.2) is 13.4 Å². The van der Waals surface area contributed by atoms with Gasteiger partial charge in [0.1, 0.15) is 12.0 Å². The van der Waals surface area contributed by atoms with E-state index in [4.69, 9.17) is 4.74 Å². The van der Waals surface area contributed by atoms with Gasteiger partial charge in [-0.1, -0.05) is 6.08 Å². The molecule has 0 spiro atoms. The molecular formula is C11H9F3O2. The number of hydrogen-bond acceptors (Lipinski definition) is 2. The normalized spacial score (nSPS) is 11.8. The van der Waals surface area contributed by atoms with Gasteiger partial charge in [-0.05, 0) is 29.8 Å². The molecule has 0 bridgehead atoms. The Hall–Kier alpha value is -1.78. The van der Waals surface area contributed by atoms with Gasteiger partial charge in [-0.25, -0.2) is 0 Å². The predicted octanol–water partition coefficient (Wildman–Crippen LogP) is 2.93. The third-order valence-corrected chi connectivity index (χ3v) is 1.86. The lowest BCUT2D eigenvalue weighted by Gasteiger charge is -2.09. The molecule has 86 valence electrons. The Labute approximate surface area is 90.3 Å². The molecule has 1 aromatic rings. The van der Waals surface area contributed by atoms with E-state index in [1.54, 1.807) is 0 Å². The van der Waals surface area contributed by atoms with Crippen molar-refractivity contribution in [2.45, 2.75) is 6.18 Å². The first kappa shape index (κ1) is 12.3. The summed E-state index contributed by atoms with van der Waals surface area (Å²) < 4.78 is 42.1. The first-order chi connectivity index (χ1) is 7.47. The number of carbonyl (C=O) groups is 1. The second-order valence-electron chi connectivity index (χ2n) is 2.99. The molecule has 0 amide bonds. The molecule has 0 atom stereocenters. The Balaban J connectivity index is 3.21. The minimum atomic E-state index is -4.43. The zero-order valence-corrected chi connectivity index (χ0v) is 8.41. The molecular weight excluding hydrogens is 221 g/mol. The third-order valence-electron chi connectivity index (χ3n) is 1.86. The minimum absolute atomic E-state index is 0.0976. The summed E-state index contributed by atoms with van der Waals surface area (Å²) in [5.41, 5.74) is -0.545. The molecule has 0 N–H and O–H groups in total. The second kappa shape index (κ2) is 4.83. The first-order valence-corrected chi connectivity index (χ1v) is 4.35. The molecule has 0 heterocycles. The average molecular weight is 230 g/mol. The molecule has 0 saturated carbocycles. The average Bonchev–Trinajstić information content (AvgIpc) is 2.24. The van der Waals surface area contributed by atoms with Crippen LogP contribution in [0, 0.1) is 0 Å². The van der Waals surface area contributed by atoms with Gasteiger partial charge in [0.05, 0.1) is 12.7 Å². The Morgan fingerprint density at radius 1 is 1.25 bits per heavy atom. The van der Waals surface area contributed by atoms with E-state index in [-0.39, 0.29) is 11.3 Å². The van der Waals surface area contributed by atoms with E-state index in [2.05, 4.69) is 0 Å². The van der Waals surface area contributed by atoms with E-state index in [9.17, 15) is 18.0 Å². The quantitative estimate of drug-likeness (QED) is 0.589. The van der Waals surface area contributed by atoms with Crippen LogP contribution in [0.25, 0.3) is 6.08 Å². The molecule has 0 radical (unpaired) electrons. The summed E-state index contributed by atoms with van der Waals surface area (Å²) in [4.78, 5) is 10.1. The number of methoxy groups -OCH3 is 1. The molecule has 0 aliphatic rings. The highest BCUT2D eigenvalue weighted by Crippen LogP contribution is 2.32. The van der Waals surface area contributed by atoms with E-state index in [0.717, 1.165) is 18.2 Å². The monoisotopic (exact) mass is 230 g/mol. The van der Waals surface area contributed by atoms with Crippen molar-refractivity contribution in [2.24, 2.45) is 0 Å². The summed E-state index contributed by atoms with van der Waals surface area (Å²) in [6.45, 7) is 0. The smallest absolute Gasteiger partial charge is 0.416 e. The largest absolute Gasteiger partial charge is 0.497 e. The predicted molar refractivity (Wildman–Crippen MR) is 53.1 cm³/mol. The number of allylic oxidation sites excluding steroid dienone is 1. The molecule has 0 fully saturated rings. The summed E-state index contributed by atoms with van der Waals surface area (Å²) in [5, 5.41) is 0. The van der Waals surface area contributed by atoms with Crippen LogP contribution in [0.3, 0.4) is 0 Å². The van der Waals surface area contributed by atoms with Crippen molar-refractivity contribution in [1.29, 1.82) is 0 Å². The van der Waals surface area contributed by atoms with Crippen LogP contribution in [0.1, 0.15) is 11.1 Å². The van der Waals surface area contributed by atoms with Crippen molar-refractivity contribution in [3.05, 3.63) is 35.4 Å². The standard InChI is InChI=1S/C11H9F3O2/c1-16-10-6-8(3-2-4-15)5-9(7-10)11(12,13)14/h2-7H,1H3. The highest BCUT2D eigenvalue weighted by Gasteiger charge is 2.31. The summed E-state index contributed by atoms with van der Waals surface area (Å²) >= 11 is 0.